The fourth-order valence-electron chi connectivity index (χ4n) is 2.06. The fraction of sp³-hybridized carbons (Fsp3) is 0.176. The van der Waals surface area contributed by atoms with E-state index >= 15 is 0 Å². The van der Waals surface area contributed by atoms with E-state index in [1.54, 1.807) is 0 Å². The number of halogens is 1. The van der Waals surface area contributed by atoms with Crippen LogP contribution in [0.5, 0.6) is 0 Å². The van der Waals surface area contributed by atoms with Crippen LogP contribution in [0.2, 0.25) is 5.02 Å². The lowest BCUT2D eigenvalue weighted by atomic mass is 10.2. The number of carbonyl (C=O) groups is 1. The highest BCUT2D eigenvalue weighted by Crippen LogP contribution is 2.29. The van der Waals surface area contributed by atoms with E-state index in [0.717, 1.165) is 15.1 Å². The van der Waals surface area contributed by atoms with Crippen molar-refractivity contribution < 1.29 is 4.79 Å². The van der Waals surface area contributed by atoms with E-state index in [2.05, 4.69) is 16.4 Å². The van der Waals surface area contributed by atoms with Gasteiger partial charge in [0.05, 0.1) is 15.5 Å². The van der Waals surface area contributed by atoms with Gasteiger partial charge in [-0.25, -0.2) is 4.98 Å². The normalized spacial score (nSPS) is 12.3. The summed E-state index contributed by atoms with van der Waals surface area (Å²) in [5, 5.41) is 4.02. The van der Waals surface area contributed by atoms with Crippen LogP contribution in [0.4, 0.5) is 5.13 Å². The zero-order valence-corrected chi connectivity index (χ0v) is 15.1. The number of carbonyl (C=O) groups excluding carboxylic acids is 1. The van der Waals surface area contributed by atoms with Crippen LogP contribution in [0, 0.1) is 6.92 Å². The van der Waals surface area contributed by atoms with Crippen molar-refractivity contribution >= 4 is 56.0 Å². The van der Waals surface area contributed by atoms with Crippen molar-refractivity contribution in [3.05, 3.63) is 53.1 Å². The van der Waals surface area contributed by atoms with Gasteiger partial charge >= 0.3 is 0 Å². The fourth-order valence-corrected chi connectivity index (χ4v) is 4.02. The molecule has 3 aromatic rings. The molecule has 118 valence electrons. The van der Waals surface area contributed by atoms with Crippen LogP contribution in [0.3, 0.4) is 0 Å². The van der Waals surface area contributed by atoms with E-state index in [-0.39, 0.29) is 11.2 Å². The first kappa shape index (κ1) is 16.3. The Balaban J connectivity index is 1.68. The Hall–Kier alpha value is -1.56. The van der Waals surface area contributed by atoms with Crippen LogP contribution < -0.4 is 5.32 Å². The Morgan fingerprint density at radius 3 is 2.74 bits per heavy atom. The molecule has 3 rings (SSSR count). The number of benzene rings is 2. The molecule has 1 aromatic heterocycles. The summed E-state index contributed by atoms with van der Waals surface area (Å²) in [6, 6.07) is 13.5. The number of hydrogen-bond acceptors (Lipinski definition) is 4. The molecule has 0 bridgehead atoms. The van der Waals surface area contributed by atoms with Crippen molar-refractivity contribution in [1.82, 2.24) is 4.98 Å². The van der Waals surface area contributed by atoms with Crippen molar-refractivity contribution in [3.63, 3.8) is 0 Å². The summed E-state index contributed by atoms with van der Waals surface area (Å²) in [4.78, 5) is 17.8. The summed E-state index contributed by atoms with van der Waals surface area (Å²) in [6.45, 7) is 3.92. The zero-order chi connectivity index (χ0) is 16.4. The molecule has 1 amide bonds. The standard InChI is InChI=1S/C17H15ClN2OS2/c1-10-3-8-14-15(9-10)23-17(19-14)20-16(21)11(2)22-13-6-4-12(18)5-7-13/h3-9,11H,1-2H3,(H,19,20,21). The lowest BCUT2D eigenvalue weighted by Crippen LogP contribution is -2.22. The van der Waals surface area contributed by atoms with Crippen LogP contribution in [0.25, 0.3) is 10.2 Å². The van der Waals surface area contributed by atoms with E-state index in [4.69, 9.17) is 11.6 Å². The number of nitrogens with zero attached hydrogens (tertiary/aromatic N) is 1. The van der Waals surface area contributed by atoms with Crippen LogP contribution in [0.15, 0.2) is 47.4 Å². The van der Waals surface area contributed by atoms with Crippen molar-refractivity contribution in [3.8, 4) is 0 Å². The van der Waals surface area contributed by atoms with Crippen molar-refractivity contribution in [2.24, 2.45) is 0 Å². The SMILES string of the molecule is Cc1ccc2nc(NC(=O)C(C)Sc3ccc(Cl)cc3)sc2c1. The van der Waals surface area contributed by atoms with Gasteiger partial charge in [-0.15, -0.1) is 11.8 Å². The van der Waals surface area contributed by atoms with E-state index in [0.29, 0.717) is 10.2 Å². The summed E-state index contributed by atoms with van der Waals surface area (Å²) in [7, 11) is 0. The molecule has 3 nitrogen and oxygen atoms in total. The molecule has 0 saturated carbocycles. The predicted molar refractivity (Wildman–Crippen MR) is 99.8 cm³/mol. The highest BCUT2D eigenvalue weighted by atomic mass is 35.5. The van der Waals surface area contributed by atoms with E-state index in [1.807, 2.05) is 50.2 Å². The van der Waals surface area contributed by atoms with Gasteiger partial charge in [0.1, 0.15) is 0 Å². The third-order valence-corrected chi connectivity index (χ3v) is 5.57. The Labute approximate surface area is 148 Å². The molecular weight excluding hydrogens is 348 g/mol. The maximum Gasteiger partial charge on any atom is 0.239 e. The maximum absolute atomic E-state index is 12.3. The average molecular weight is 363 g/mol. The molecule has 1 atom stereocenters. The van der Waals surface area contributed by atoms with Gasteiger partial charge in [0.15, 0.2) is 5.13 Å². The minimum atomic E-state index is -0.218. The number of thiazole rings is 1. The molecule has 0 radical (unpaired) electrons. The van der Waals surface area contributed by atoms with E-state index < -0.39 is 0 Å². The smallest absolute Gasteiger partial charge is 0.239 e. The van der Waals surface area contributed by atoms with Gasteiger partial charge in [-0.3, -0.25) is 4.79 Å². The molecule has 1 heterocycles. The Morgan fingerprint density at radius 1 is 1.26 bits per heavy atom. The van der Waals surface area contributed by atoms with Gasteiger partial charge in [-0.2, -0.15) is 0 Å². The van der Waals surface area contributed by atoms with Crippen LogP contribution in [0.1, 0.15) is 12.5 Å². The van der Waals surface area contributed by atoms with E-state index in [1.165, 1.54) is 28.7 Å². The Morgan fingerprint density at radius 2 is 2.00 bits per heavy atom. The zero-order valence-electron chi connectivity index (χ0n) is 12.7. The van der Waals surface area contributed by atoms with Crippen LogP contribution in [-0.2, 0) is 4.79 Å². The summed E-state index contributed by atoms with van der Waals surface area (Å²) in [6.07, 6.45) is 0. The summed E-state index contributed by atoms with van der Waals surface area (Å²) in [5.41, 5.74) is 2.10. The highest BCUT2D eigenvalue weighted by molar-refractivity contribution is 8.00. The van der Waals surface area contributed by atoms with Gasteiger partial charge in [-0.05, 0) is 55.8 Å². The second kappa shape index (κ2) is 6.91. The minimum absolute atomic E-state index is 0.0549. The molecule has 2 aromatic carbocycles. The average Bonchev–Trinajstić information content (AvgIpc) is 2.90. The van der Waals surface area contributed by atoms with Crippen LogP contribution >= 0.6 is 34.7 Å². The molecule has 0 aliphatic rings. The maximum atomic E-state index is 12.3. The van der Waals surface area contributed by atoms with Gasteiger partial charge < -0.3 is 5.32 Å². The Bertz CT molecular complexity index is 845. The number of rotatable bonds is 4. The van der Waals surface area contributed by atoms with Gasteiger partial charge in [-0.1, -0.05) is 29.0 Å². The molecule has 0 spiro atoms. The summed E-state index contributed by atoms with van der Waals surface area (Å²) >= 11 is 8.86. The molecule has 0 aliphatic carbocycles. The van der Waals surface area contributed by atoms with Crippen molar-refractivity contribution in [1.29, 1.82) is 0 Å². The topological polar surface area (TPSA) is 42.0 Å². The molecular formula is C17H15ClN2OS2. The molecule has 1 N–H and O–H groups in total. The first-order valence-electron chi connectivity index (χ1n) is 7.11. The van der Waals surface area contributed by atoms with E-state index in [9.17, 15) is 4.79 Å². The quantitative estimate of drug-likeness (QED) is 0.634. The number of hydrogen-bond donors (Lipinski definition) is 1. The monoisotopic (exact) mass is 362 g/mol. The molecule has 6 heteroatoms. The second-order valence-electron chi connectivity index (χ2n) is 5.19. The van der Waals surface area contributed by atoms with Crippen LogP contribution in [-0.4, -0.2) is 16.1 Å². The predicted octanol–water partition coefficient (Wildman–Crippen LogP) is 5.38. The van der Waals surface area contributed by atoms with Gasteiger partial charge in [0.25, 0.3) is 0 Å². The van der Waals surface area contributed by atoms with Gasteiger partial charge in [0.2, 0.25) is 5.91 Å². The molecule has 0 aliphatic heterocycles. The largest absolute Gasteiger partial charge is 0.301 e. The number of aryl methyl sites for hydroxylation is 1. The molecule has 0 saturated heterocycles. The molecule has 0 fully saturated rings. The lowest BCUT2D eigenvalue weighted by molar-refractivity contribution is -0.115. The molecule has 23 heavy (non-hydrogen) atoms. The number of nitrogens with one attached hydrogen (secondary N) is 1. The number of amides is 1. The number of thioether (sulfide) groups is 1. The Kier molecular flexibility index (Phi) is 4.90. The highest BCUT2D eigenvalue weighted by Gasteiger charge is 2.16. The number of fused-ring (bicyclic) bond motifs is 1. The lowest BCUT2D eigenvalue weighted by Gasteiger charge is -2.10. The van der Waals surface area contributed by atoms with Crippen molar-refractivity contribution in [2.75, 3.05) is 5.32 Å². The minimum Gasteiger partial charge on any atom is -0.301 e. The second-order valence-corrected chi connectivity index (χ2v) is 8.07. The summed E-state index contributed by atoms with van der Waals surface area (Å²) in [5.74, 6) is -0.0549. The summed E-state index contributed by atoms with van der Waals surface area (Å²) < 4.78 is 1.08. The molecule has 1 unspecified atom stereocenters. The number of aromatic nitrogens is 1. The first-order chi connectivity index (χ1) is 11.0. The third-order valence-electron chi connectivity index (χ3n) is 3.27. The number of anilines is 1. The third kappa shape index (κ3) is 4.05. The first-order valence-corrected chi connectivity index (χ1v) is 9.19. The van der Waals surface area contributed by atoms with Crippen molar-refractivity contribution in [2.45, 2.75) is 24.0 Å². The van der Waals surface area contributed by atoms with Gasteiger partial charge in [0, 0.05) is 9.92 Å².